The number of ether oxygens (including phenoxy) is 2. The lowest BCUT2D eigenvalue weighted by Gasteiger charge is -2.17. The van der Waals surface area contributed by atoms with Gasteiger partial charge in [0.1, 0.15) is 18.3 Å². The molecule has 1 unspecified atom stereocenters. The average molecular weight is 271 g/mol. The molecule has 1 heterocycles. The number of methoxy groups -OCH3 is 1. The summed E-state index contributed by atoms with van der Waals surface area (Å²) >= 11 is 0. The molecule has 20 heavy (non-hydrogen) atoms. The Kier molecular flexibility index (Phi) is 4.71. The summed E-state index contributed by atoms with van der Waals surface area (Å²) in [4.78, 5) is 15.9. The Hall–Kier alpha value is -2.36. The molecule has 4 heteroatoms. The topological polar surface area (TPSA) is 48.4 Å². The van der Waals surface area contributed by atoms with E-state index in [-0.39, 0.29) is 12.6 Å². The molecule has 4 nitrogen and oxygen atoms in total. The fraction of sp³-hybridized carbons (Fsp3) is 0.250. The summed E-state index contributed by atoms with van der Waals surface area (Å²) in [6.07, 6.45) is 3.29. The van der Waals surface area contributed by atoms with Crippen LogP contribution in [0.25, 0.3) is 0 Å². The van der Waals surface area contributed by atoms with Crippen molar-refractivity contribution in [1.82, 2.24) is 4.98 Å². The molecular formula is C16H17NO3. The smallest absolute Gasteiger partial charge is 0.316 e. The Labute approximate surface area is 118 Å². The van der Waals surface area contributed by atoms with E-state index < -0.39 is 5.92 Å². The Morgan fingerprint density at radius 3 is 2.70 bits per heavy atom. The number of benzene rings is 1. The van der Waals surface area contributed by atoms with Crippen LogP contribution in [-0.2, 0) is 9.53 Å². The highest BCUT2D eigenvalue weighted by molar-refractivity contribution is 5.78. The van der Waals surface area contributed by atoms with Gasteiger partial charge in [-0.15, -0.1) is 0 Å². The van der Waals surface area contributed by atoms with E-state index >= 15 is 0 Å². The van der Waals surface area contributed by atoms with Crippen molar-refractivity contribution in [2.75, 3.05) is 13.7 Å². The molecule has 0 fully saturated rings. The first-order valence-corrected chi connectivity index (χ1v) is 6.38. The van der Waals surface area contributed by atoms with E-state index in [1.54, 1.807) is 24.5 Å². The Balaban J connectivity index is 2.17. The fourth-order valence-corrected chi connectivity index (χ4v) is 2.02. The number of hydrogen-bond donors (Lipinski definition) is 0. The predicted molar refractivity (Wildman–Crippen MR) is 75.7 cm³/mol. The summed E-state index contributed by atoms with van der Waals surface area (Å²) in [7, 11) is 1.39. The van der Waals surface area contributed by atoms with Crippen LogP contribution in [0.15, 0.2) is 48.8 Å². The van der Waals surface area contributed by atoms with Gasteiger partial charge in [0.05, 0.1) is 13.3 Å². The van der Waals surface area contributed by atoms with Gasteiger partial charge in [0.15, 0.2) is 0 Å². The summed E-state index contributed by atoms with van der Waals surface area (Å²) in [5.41, 5.74) is 1.96. The standard InChI is InChI=1S/C16H17NO3/c1-12-6-3-4-8-14(12)15(16(18)19-2)11-20-13-7-5-9-17-10-13/h3-10,15H,11H2,1-2H3. The van der Waals surface area contributed by atoms with Crippen molar-refractivity contribution in [2.45, 2.75) is 12.8 Å². The largest absolute Gasteiger partial charge is 0.491 e. The molecule has 0 saturated carbocycles. The molecule has 0 N–H and O–H groups in total. The van der Waals surface area contributed by atoms with Gasteiger partial charge in [-0.05, 0) is 30.2 Å². The van der Waals surface area contributed by atoms with Crippen molar-refractivity contribution in [1.29, 1.82) is 0 Å². The summed E-state index contributed by atoms with van der Waals surface area (Å²) in [5, 5.41) is 0. The van der Waals surface area contributed by atoms with Crippen molar-refractivity contribution in [3.8, 4) is 5.75 Å². The molecule has 2 rings (SSSR count). The highest BCUT2D eigenvalue weighted by Crippen LogP contribution is 2.22. The second-order valence-corrected chi connectivity index (χ2v) is 4.43. The van der Waals surface area contributed by atoms with Crippen LogP contribution in [0, 0.1) is 6.92 Å². The Bertz CT molecular complexity index is 569. The first-order valence-electron chi connectivity index (χ1n) is 6.38. The molecule has 0 radical (unpaired) electrons. The molecule has 0 bridgehead atoms. The SMILES string of the molecule is COC(=O)C(COc1cccnc1)c1ccccc1C. The zero-order valence-corrected chi connectivity index (χ0v) is 11.6. The van der Waals surface area contributed by atoms with E-state index in [4.69, 9.17) is 9.47 Å². The number of hydrogen-bond acceptors (Lipinski definition) is 4. The van der Waals surface area contributed by atoms with Gasteiger partial charge in [-0.3, -0.25) is 9.78 Å². The molecule has 0 aliphatic heterocycles. The lowest BCUT2D eigenvalue weighted by molar-refractivity contribution is -0.143. The van der Waals surface area contributed by atoms with E-state index in [0.717, 1.165) is 11.1 Å². The van der Waals surface area contributed by atoms with Crippen LogP contribution >= 0.6 is 0 Å². The number of rotatable bonds is 5. The summed E-state index contributed by atoms with van der Waals surface area (Å²) < 4.78 is 10.5. The van der Waals surface area contributed by atoms with Crippen molar-refractivity contribution < 1.29 is 14.3 Å². The highest BCUT2D eigenvalue weighted by atomic mass is 16.5. The molecule has 104 valence electrons. The van der Waals surface area contributed by atoms with Gasteiger partial charge in [-0.25, -0.2) is 0 Å². The zero-order valence-electron chi connectivity index (χ0n) is 11.6. The van der Waals surface area contributed by atoms with Crippen LogP contribution in [0.4, 0.5) is 0 Å². The molecule has 0 aliphatic carbocycles. The van der Waals surface area contributed by atoms with E-state index in [1.807, 2.05) is 31.2 Å². The summed E-state index contributed by atoms with van der Waals surface area (Å²) in [5.74, 6) is -0.111. The maximum atomic E-state index is 12.0. The molecule has 0 saturated heterocycles. The van der Waals surface area contributed by atoms with Gasteiger partial charge < -0.3 is 9.47 Å². The Morgan fingerprint density at radius 2 is 2.05 bits per heavy atom. The average Bonchev–Trinajstić information content (AvgIpc) is 2.50. The van der Waals surface area contributed by atoms with Crippen LogP contribution in [0.1, 0.15) is 17.0 Å². The quantitative estimate of drug-likeness (QED) is 0.784. The van der Waals surface area contributed by atoms with Crippen molar-refractivity contribution in [2.24, 2.45) is 0 Å². The van der Waals surface area contributed by atoms with Gasteiger partial charge >= 0.3 is 5.97 Å². The van der Waals surface area contributed by atoms with E-state index in [0.29, 0.717) is 5.75 Å². The Morgan fingerprint density at radius 1 is 1.25 bits per heavy atom. The third-order valence-corrected chi connectivity index (χ3v) is 3.10. The number of esters is 1. The number of pyridine rings is 1. The highest BCUT2D eigenvalue weighted by Gasteiger charge is 2.23. The minimum atomic E-state index is -0.443. The summed E-state index contributed by atoms with van der Waals surface area (Å²) in [6.45, 7) is 2.19. The van der Waals surface area contributed by atoms with E-state index in [2.05, 4.69) is 4.98 Å². The predicted octanol–water partition coefficient (Wildman–Crippen LogP) is 2.73. The van der Waals surface area contributed by atoms with Gasteiger partial charge in [0.2, 0.25) is 0 Å². The molecule has 0 aliphatic rings. The van der Waals surface area contributed by atoms with Crippen LogP contribution < -0.4 is 4.74 Å². The monoisotopic (exact) mass is 271 g/mol. The first-order chi connectivity index (χ1) is 9.72. The first kappa shape index (κ1) is 14.1. The lowest BCUT2D eigenvalue weighted by atomic mass is 9.95. The zero-order chi connectivity index (χ0) is 14.4. The van der Waals surface area contributed by atoms with E-state index in [9.17, 15) is 4.79 Å². The molecule has 2 aromatic rings. The van der Waals surface area contributed by atoms with Crippen molar-refractivity contribution >= 4 is 5.97 Å². The van der Waals surface area contributed by atoms with Crippen LogP contribution in [0.3, 0.4) is 0 Å². The molecular weight excluding hydrogens is 254 g/mol. The van der Waals surface area contributed by atoms with E-state index in [1.165, 1.54) is 7.11 Å². The second-order valence-electron chi connectivity index (χ2n) is 4.43. The van der Waals surface area contributed by atoms with Crippen LogP contribution in [0.2, 0.25) is 0 Å². The molecule has 0 amide bonds. The normalized spacial score (nSPS) is 11.7. The number of carbonyl (C=O) groups excluding carboxylic acids is 1. The molecule has 1 aromatic heterocycles. The van der Waals surface area contributed by atoms with Crippen molar-refractivity contribution in [3.63, 3.8) is 0 Å². The lowest BCUT2D eigenvalue weighted by Crippen LogP contribution is -2.22. The van der Waals surface area contributed by atoms with Gasteiger partial charge in [-0.2, -0.15) is 0 Å². The van der Waals surface area contributed by atoms with Gasteiger partial charge in [0, 0.05) is 6.20 Å². The minimum Gasteiger partial charge on any atom is -0.491 e. The summed E-state index contributed by atoms with van der Waals surface area (Å²) in [6, 6.07) is 11.3. The van der Waals surface area contributed by atoms with Gasteiger partial charge in [-0.1, -0.05) is 24.3 Å². The number of aryl methyl sites for hydroxylation is 1. The van der Waals surface area contributed by atoms with Gasteiger partial charge in [0.25, 0.3) is 0 Å². The third kappa shape index (κ3) is 3.35. The number of carbonyl (C=O) groups is 1. The minimum absolute atomic E-state index is 0.225. The maximum absolute atomic E-state index is 12.0. The number of nitrogens with zero attached hydrogens (tertiary/aromatic N) is 1. The van der Waals surface area contributed by atoms with Crippen LogP contribution in [-0.4, -0.2) is 24.7 Å². The second kappa shape index (κ2) is 6.70. The van der Waals surface area contributed by atoms with Crippen molar-refractivity contribution in [3.05, 3.63) is 59.9 Å². The van der Waals surface area contributed by atoms with Crippen LogP contribution in [0.5, 0.6) is 5.75 Å². The fourth-order valence-electron chi connectivity index (χ4n) is 2.02. The molecule has 0 spiro atoms. The number of aromatic nitrogens is 1. The third-order valence-electron chi connectivity index (χ3n) is 3.10. The maximum Gasteiger partial charge on any atom is 0.316 e. The molecule has 1 aromatic carbocycles. The molecule has 1 atom stereocenters.